The van der Waals surface area contributed by atoms with Gasteiger partial charge in [-0.25, -0.2) is 28.3 Å². The topological polar surface area (TPSA) is 116 Å². The van der Waals surface area contributed by atoms with Gasteiger partial charge in [0.05, 0.1) is 24.3 Å². The average Bonchev–Trinajstić information content (AvgIpc) is 3.69. The van der Waals surface area contributed by atoms with Crippen LogP contribution in [0.15, 0.2) is 50.7 Å². The van der Waals surface area contributed by atoms with Gasteiger partial charge in [-0.05, 0) is 50.5 Å². The largest absolute Gasteiger partial charge is 0.464 e. The SMILES string of the molecule is CCOC(=O)C1=C([C@H]2CC[C@@H](Cc3nc(C(=O)OC)co3)CC2)NC(c2nccs2)=NC1c1ccc(F)c(F)c1Cl. The number of hydrogen-bond acceptors (Lipinski definition) is 10. The molecule has 1 fully saturated rings. The van der Waals surface area contributed by atoms with E-state index in [-0.39, 0.29) is 35.3 Å². The molecule has 0 radical (unpaired) electrons. The minimum absolute atomic E-state index is 0.0853. The summed E-state index contributed by atoms with van der Waals surface area (Å²) in [6.07, 6.45) is 6.49. The number of nitrogens with zero attached hydrogens (tertiary/aromatic N) is 3. The van der Waals surface area contributed by atoms with Crippen LogP contribution in [-0.4, -0.2) is 41.5 Å². The molecule has 1 aromatic carbocycles. The van der Waals surface area contributed by atoms with E-state index < -0.39 is 34.6 Å². The number of rotatable bonds is 8. The summed E-state index contributed by atoms with van der Waals surface area (Å²) in [5.74, 6) is -2.44. The van der Waals surface area contributed by atoms with Crippen molar-refractivity contribution in [1.82, 2.24) is 15.3 Å². The number of nitrogens with one attached hydrogen (secondary N) is 1. The van der Waals surface area contributed by atoms with Crippen molar-refractivity contribution in [3.05, 3.63) is 80.1 Å². The summed E-state index contributed by atoms with van der Waals surface area (Å²) in [5, 5.41) is 5.26. The molecule has 0 spiro atoms. The number of esters is 2. The first-order chi connectivity index (χ1) is 19.8. The molecule has 3 aromatic rings. The third kappa shape index (κ3) is 6.03. The molecular weight excluding hydrogens is 578 g/mol. The van der Waals surface area contributed by atoms with E-state index in [1.165, 1.54) is 30.8 Å². The Hall–Kier alpha value is -3.64. The number of oxazole rings is 1. The molecule has 1 atom stereocenters. The Labute approximate surface area is 243 Å². The van der Waals surface area contributed by atoms with Crippen LogP contribution in [0.1, 0.15) is 65.6 Å². The van der Waals surface area contributed by atoms with Gasteiger partial charge >= 0.3 is 11.9 Å². The lowest BCUT2D eigenvalue weighted by atomic mass is 9.77. The number of thiazole rings is 1. The number of amidine groups is 1. The minimum atomic E-state index is -1.21. The van der Waals surface area contributed by atoms with Crippen LogP contribution in [0.4, 0.5) is 8.78 Å². The van der Waals surface area contributed by atoms with Crippen LogP contribution in [0.2, 0.25) is 5.02 Å². The molecule has 0 saturated heterocycles. The van der Waals surface area contributed by atoms with Gasteiger partial charge in [0.2, 0.25) is 0 Å². The molecule has 2 aromatic heterocycles. The fourth-order valence-corrected chi connectivity index (χ4v) is 6.10. The lowest BCUT2D eigenvalue weighted by Crippen LogP contribution is -2.38. The Balaban J connectivity index is 1.46. The van der Waals surface area contributed by atoms with Gasteiger partial charge in [-0.3, -0.25) is 4.99 Å². The highest BCUT2D eigenvalue weighted by atomic mass is 35.5. The minimum Gasteiger partial charge on any atom is -0.464 e. The van der Waals surface area contributed by atoms with Crippen molar-refractivity contribution < 1.29 is 32.3 Å². The van der Waals surface area contributed by atoms with E-state index in [9.17, 15) is 18.4 Å². The van der Waals surface area contributed by atoms with Gasteiger partial charge in [-0.2, -0.15) is 0 Å². The first kappa shape index (κ1) is 28.9. The van der Waals surface area contributed by atoms with Crippen molar-refractivity contribution in [3.8, 4) is 0 Å². The van der Waals surface area contributed by atoms with Crippen molar-refractivity contribution in [3.63, 3.8) is 0 Å². The van der Waals surface area contributed by atoms with E-state index in [1.54, 1.807) is 18.5 Å². The zero-order valence-corrected chi connectivity index (χ0v) is 23.9. The predicted octanol–water partition coefficient (Wildman–Crippen LogP) is 5.81. The smallest absolute Gasteiger partial charge is 0.360 e. The number of aromatic nitrogens is 2. The van der Waals surface area contributed by atoms with E-state index in [0.717, 1.165) is 18.9 Å². The molecular formula is C28H27ClF2N4O5S. The predicted molar refractivity (Wildman–Crippen MR) is 147 cm³/mol. The number of carbonyl (C=O) groups excluding carboxylic acids is 2. The third-order valence-electron chi connectivity index (χ3n) is 7.23. The fraction of sp³-hybridized carbons (Fsp3) is 0.393. The maximum Gasteiger partial charge on any atom is 0.360 e. The zero-order valence-electron chi connectivity index (χ0n) is 22.3. The Bertz CT molecular complexity index is 1500. The van der Waals surface area contributed by atoms with Crippen molar-refractivity contribution in [2.75, 3.05) is 13.7 Å². The molecule has 1 aliphatic heterocycles. The van der Waals surface area contributed by atoms with Crippen LogP contribution < -0.4 is 5.32 Å². The second-order valence-electron chi connectivity index (χ2n) is 9.69. The standard InChI is InChI=1S/C28H27ClF2N4O5S/c1-3-39-28(37)20-23(15-6-4-14(5-7-15)12-19-33-18(13-40-19)27(36)38-2)34-25(26-32-10-11-41-26)35-24(20)16-8-9-17(30)22(31)21(16)29/h8-11,13-15,24H,3-7,12H2,1-2H3,(H,34,35)/t14-,15+,24?. The maximum atomic E-state index is 14.6. The third-order valence-corrected chi connectivity index (χ3v) is 8.39. The molecule has 0 amide bonds. The van der Waals surface area contributed by atoms with Crippen molar-refractivity contribution in [1.29, 1.82) is 0 Å². The van der Waals surface area contributed by atoms with Gasteiger partial charge in [0, 0.05) is 29.3 Å². The number of hydrogen-bond donors (Lipinski definition) is 1. The van der Waals surface area contributed by atoms with Crippen LogP contribution in [0.5, 0.6) is 0 Å². The summed E-state index contributed by atoms with van der Waals surface area (Å²) in [5.41, 5.74) is 1.10. The number of carbonyl (C=O) groups is 2. The van der Waals surface area contributed by atoms with Crippen LogP contribution >= 0.6 is 22.9 Å². The fourth-order valence-electron chi connectivity index (χ4n) is 5.25. The number of methoxy groups -OCH3 is 1. The molecule has 3 heterocycles. The van der Waals surface area contributed by atoms with Crippen molar-refractivity contribution >= 4 is 40.7 Å². The number of ether oxygens (including phenoxy) is 2. The quantitative estimate of drug-likeness (QED) is 0.253. The van der Waals surface area contributed by atoms with Gasteiger partial charge in [0.15, 0.2) is 34.1 Å². The summed E-state index contributed by atoms with van der Waals surface area (Å²) in [7, 11) is 1.28. The van der Waals surface area contributed by atoms with Gasteiger partial charge in [-0.15, -0.1) is 11.3 Å². The lowest BCUT2D eigenvalue weighted by Gasteiger charge is -2.35. The Morgan fingerprint density at radius 3 is 2.66 bits per heavy atom. The van der Waals surface area contributed by atoms with Gasteiger partial charge in [0.25, 0.3) is 0 Å². The van der Waals surface area contributed by atoms with E-state index in [4.69, 9.17) is 30.5 Å². The number of aliphatic imine (C=N–C) groups is 1. The van der Waals surface area contributed by atoms with Crippen LogP contribution in [0.25, 0.3) is 0 Å². The number of allylic oxidation sites excluding steroid dienone is 1. The first-order valence-corrected chi connectivity index (χ1v) is 14.4. The first-order valence-electron chi connectivity index (χ1n) is 13.1. The molecule has 2 aliphatic rings. The van der Waals surface area contributed by atoms with Gasteiger partial charge in [-0.1, -0.05) is 17.7 Å². The number of benzene rings is 1. The van der Waals surface area contributed by atoms with Crippen molar-refractivity contribution in [2.24, 2.45) is 16.8 Å². The summed E-state index contributed by atoms with van der Waals surface area (Å²) >= 11 is 7.63. The van der Waals surface area contributed by atoms with Gasteiger partial charge < -0.3 is 19.2 Å². The second kappa shape index (κ2) is 12.5. The summed E-state index contributed by atoms with van der Waals surface area (Å²) < 4.78 is 44.1. The molecule has 5 rings (SSSR count). The molecule has 41 heavy (non-hydrogen) atoms. The molecule has 0 bridgehead atoms. The lowest BCUT2D eigenvalue weighted by molar-refractivity contribution is -0.139. The molecule has 1 unspecified atom stereocenters. The van der Waals surface area contributed by atoms with E-state index in [2.05, 4.69) is 15.3 Å². The molecule has 216 valence electrons. The Kier molecular flexibility index (Phi) is 8.79. The summed E-state index contributed by atoms with van der Waals surface area (Å²) in [4.78, 5) is 38.4. The zero-order chi connectivity index (χ0) is 29.1. The average molecular weight is 605 g/mol. The van der Waals surface area contributed by atoms with Crippen LogP contribution in [0, 0.1) is 23.5 Å². The summed E-state index contributed by atoms with van der Waals surface area (Å²) in [6, 6.07) is 1.28. The molecule has 1 aliphatic carbocycles. The molecule has 1 saturated carbocycles. The normalized spacial score (nSPS) is 20.8. The monoisotopic (exact) mass is 604 g/mol. The number of halogens is 3. The Morgan fingerprint density at radius 1 is 1.20 bits per heavy atom. The van der Waals surface area contributed by atoms with Crippen LogP contribution in [-0.2, 0) is 20.7 Å². The molecule has 13 heteroatoms. The van der Waals surface area contributed by atoms with Crippen LogP contribution in [0.3, 0.4) is 0 Å². The highest BCUT2D eigenvalue weighted by Gasteiger charge is 2.38. The molecule has 1 N–H and O–H groups in total. The summed E-state index contributed by atoms with van der Waals surface area (Å²) in [6.45, 7) is 1.81. The van der Waals surface area contributed by atoms with E-state index in [1.807, 2.05) is 0 Å². The van der Waals surface area contributed by atoms with E-state index >= 15 is 0 Å². The highest BCUT2D eigenvalue weighted by Crippen LogP contribution is 2.43. The molecule has 9 nitrogen and oxygen atoms in total. The second-order valence-corrected chi connectivity index (χ2v) is 11.0. The maximum absolute atomic E-state index is 14.6. The Morgan fingerprint density at radius 2 is 1.98 bits per heavy atom. The van der Waals surface area contributed by atoms with E-state index in [0.29, 0.717) is 41.7 Å². The van der Waals surface area contributed by atoms with Gasteiger partial charge in [0.1, 0.15) is 12.3 Å². The van der Waals surface area contributed by atoms with Crippen molar-refractivity contribution in [2.45, 2.75) is 45.1 Å². The highest BCUT2D eigenvalue weighted by molar-refractivity contribution is 7.11.